The van der Waals surface area contributed by atoms with Crippen LogP contribution >= 0.6 is 11.6 Å². The molecule has 0 aliphatic heterocycles. The molecule has 0 aromatic heterocycles. The summed E-state index contributed by atoms with van der Waals surface area (Å²) in [5, 5.41) is -1.61. The Bertz CT molecular complexity index is 586. The van der Waals surface area contributed by atoms with Crippen LogP contribution in [-0.4, -0.2) is 12.1 Å². The third kappa shape index (κ3) is 2.39. The molecule has 2 aromatic carbocycles. The van der Waals surface area contributed by atoms with Gasteiger partial charge in [-0.3, -0.25) is 0 Å². The average Bonchev–Trinajstić information content (AvgIpc) is 2.36. The van der Waals surface area contributed by atoms with E-state index in [0.717, 1.165) is 0 Å². The molecular formula is C13H8ClF5. The molecule has 1 unspecified atom stereocenters. The summed E-state index contributed by atoms with van der Waals surface area (Å²) < 4.78 is 63.6. The highest BCUT2D eigenvalue weighted by molar-refractivity contribution is 6.22. The summed E-state index contributed by atoms with van der Waals surface area (Å²) in [7, 11) is 0. The first kappa shape index (κ1) is 14.1. The Morgan fingerprint density at radius 1 is 0.842 bits per heavy atom. The molecule has 0 bridgehead atoms. The lowest BCUT2D eigenvalue weighted by molar-refractivity contribution is -0.283. The second-order valence-corrected chi connectivity index (χ2v) is 4.49. The summed E-state index contributed by atoms with van der Waals surface area (Å²) in [5.74, 6) is -4.99. The van der Waals surface area contributed by atoms with Crippen LogP contribution < -0.4 is 0 Å². The van der Waals surface area contributed by atoms with E-state index in [1.165, 1.54) is 18.2 Å². The molecular weight excluding hydrogens is 287 g/mol. The molecule has 0 N–H and O–H groups in total. The molecule has 0 radical (unpaired) electrons. The maximum Gasteiger partial charge on any atom is 0.455 e. The van der Waals surface area contributed by atoms with Crippen LogP contribution in [0.5, 0.6) is 0 Å². The van der Waals surface area contributed by atoms with Gasteiger partial charge in [0.25, 0.3) is 0 Å². The molecule has 1 atom stereocenters. The van der Waals surface area contributed by atoms with Crippen molar-refractivity contribution in [2.45, 2.75) is 17.5 Å². The van der Waals surface area contributed by atoms with Crippen molar-refractivity contribution < 1.29 is 22.0 Å². The van der Waals surface area contributed by atoms with Crippen LogP contribution in [0, 0.1) is 0 Å². The molecule has 0 spiro atoms. The topological polar surface area (TPSA) is 0 Å². The molecule has 0 fully saturated rings. The van der Waals surface area contributed by atoms with E-state index < -0.39 is 17.5 Å². The van der Waals surface area contributed by atoms with Crippen molar-refractivity contribution in [3.8, 4) is 0 Å². The fraction of sp³-hybridized carbons (Fsp3) is 0.231. The third-order valence-corrected chi connectivity index (χ3v) is 3.30. The van der Waals surface area contributed by atoms with E-state index in [1.807, 2.05) is 0 Å². The summed E-state index contributed by atoms with van der Waals surface area (Å²) in [4.78, 5) is 0. The fourth-order valence-corrected chi connectivity index (χ4v) is 2.12. The predicted octanol–water partition coefficient (Wildman–Crippen LogP) is 5.32. The summed E-state index contributed by atoms with van der Waals surface area (Å²) in [6.45, 7) is 0. The van der Waals surface area contributed by atoms with Crippen LogP contribution in [0.4, 0.5) is 22.0 Å². The third-order valence-electron chi connectivity index (χ3n) is 2.79. The van der Waals surface area contributed by atoms with Crippen LogP contribution in [0.1, 0.15) is 10.9 Å². The lowest BCUT2D eigenvalue weighted by atomic mass is 9.99. The minimum Gasteiger partial charge on any atom is -0.194 e. The van der Waals surface area contributed by atoms with Gasteiger partial charge in [-0.25, -0.2) is 0 Å². The number of benzene rings is 2. The number of alkyl halides is 6. The quantitative estimate of drug-likeness (QED) is 0.519. The molecule has 0 amide bonds. The van der Waals surface area contributed by atoms with Crippen molar-refractivity contribution in [2.24, 2.45) is 0 Å². The first-order valence-electron chi connectivity index (χ1n) is 5.31. The van der Waals surface area contributed by atoms with Gasteiger partial charge in [0.1, 0.15) is 5.38 Å². The molecule has 0 nitrogen and oxygen atoms in total. The second kappa shape index (κ2) is 4.63. The maximum absolute atomic E-state index is 13.3. The van der Waals surface area contributed by atoms with E-state index in [0.29, 0.717) is 5.39 Å². The Morgan fingerprint density at radius 2 is 1.42 bits per heavy atom. The maximum atomic E-state index is 13.3. The number of fused-ring (bicyclic) bond motifs is 1. The minimum absolute atomic E-state index is 0.234. The largest absolute Gasteiger partial charge is 0.455 e. The van der Waals surface area contributed by atoms with Gasteiger partial charge in [-0.2, -0.15) is 22.0 Å². The molecule has 6 heteroatoms. The monoisotopic (exact) mass is 294 g/mol. The van der Waals surface area contributed by atoms with E-state index in [2.05, 4.69) is 0 Å². The SMILES string of the molecule is FC(F)(F)C(F)(F)C(Cl)c1cccc2ccccc12. The molecule has 0 saturated carbocycles. The fourth-order valence-electron chi connectivity index (χ4n) is 1.81. The van der Waals surface area contributed by atoms with Crippen LogP contribution in [0.3, 0.4) is 0 Å². The number of rotatable bonds is 2. The van der Waals surface area contributed by atoms with Gasteiger partial charge in [-0.1, -0.05) is 42.5 Å². The molecule has 19 heavy (non-hydrogen) atoms. The van der Waals surface area contributed by atoms with E-state index in [1.54, 1.807) is 24.3 Å². The number of hydrogen-bond acceptors (Lipinski definition) is 0. The van der Waals surface area contributed by atoms with Crippen molar-refractivity contribution in [3.05, 3.63) is 48.0 Å². The zero-order valence-electron chi connectivity index (χ0n) is 9.39. The van der Waals surface area contributed by atoms with Gasteiger partial charge in [0.2, 0.25) is 0 Å². The van der Waals surface area contributed by atoms with Crippen LogP contribution in [-0.2, 0) is 0 Å². The van der Waals surface area contributed by atoms with Gasteiger partial charge in [-0.15, -0.1) is 11.6 Å². The van der Waals surface area contributed by atoms with Gasteiger partial charge in [-0.05, 0) is 16.3 Å². The van der Waals surface area contributed by atoms with Crippen molar-refractivity contribution in [1.82, 2.24) is 0 Å². The van der Waals surface area contributed by atoms with E-state index in [-0.39, 0.29) is 10.9 Å². The van der Waals surface area contributed by atoms with Crippen molar-refractivity contribution in [2.75, 3.05) is 0 Å². The van der Waals surface area contributed by atoms with Crippen LogP contribution in [0.2, 0.25) is 0 Å². The highest BCUT2D eigenvalue weighted by Crippen LogP contribution is 2.49. The molecule has 102 valence electrons. The van der Waals surface area contributed by atoms with Crippen molar-refractivity contribution >= 4 is 22.4 Å². The van der Waals surface area contributed by atoms with Gasteiger partial charge < -0.3 is 0 Å². The summed E-state index contributed by atoms with van der Waals surface area (Å²) in [5.41, 5.74) is -0.234. The zero-order chi connectivity index (χ0) is 14.3. The predicted molar refractivity (Wildman–Crippen MR) is 63.5 cm³/mol. The summed E-state index contributed by atoms with van der Waals surface area (Å²) in [6.07, 6.45) is -5.68. The number of hydrogen-bond donors (Lipinski definition) is 0. The second-order valence-electron chi connectivity index (χ2n) is 4.05. The molecule has 0 saturated heterocycles. The summed E-state index contributed by atoms with van der Waals surface area (Å²) in [6, 6.07) is 10.5. The van der Waals surface area contributed by atoms with Crippen LogP contribution in [0.15, 0.2) is 42.5 Å². The van der Waals surface area contributed by atoms with Gasteiger partial charge in [0.15, 0.2) is 0 Å². The first-order valence-corrected chi connectivity index (χ1v) is 5.75. The molecule has 2 rings (SSSR count). The lowest BCUT2D eigenvalue weighted by Crippen LogP contribution is -2.40. The standard InChI is InChI=1S/C13H8ClF5/c14-11(12(15,16)13(17,18)19)10-7-3-5-8-4-1-2-6-9(8)10/h1-7,11H. The van der Waals surface area contributed by atoms with Crippen molar-refractivity contribution in [1.29, 1.82) is 0 Å². The van der Waals surface area contributed by atoms with Gasteiger partial charge in [0, 0.05) is 0 Å². The minimum atomic E-state index is -5.68. The Hall–Kier alpha value is -1.36. The Morgan fingerprint density at radius 3 is 2.05 bits per heavy atom. The highest BCUT2D eigenvalue weighted by atomic mass is 35.5. The first-order chi connectivity index (χ1) is 8.75. The van der Waals surface area contributed by atoms with E-state index in [4.69, 9.17) is 11.6 Å². The summed E-state index contributed by atoms with van der Waals surface area (Å²) >= 11 is 5.39. The highest BCUT2D eigenvalue weighted by Gasteiger charge is 2.62. The van der Waals surface area contributed by atoms with Crippen LogP contribution in [0.25, 0.3) is 10.8 Å². The normalized spacial score (nSPS) is 14.6. The van der Waals surface area contributed by atoms with Gasteiger partial charge >= 0.3 is 12.1 Å². The molecule has 0 heterocycles. The Labute approximate surface area is 110 Å². The Kier molecular flexibility index (Phi) is 3.43. The van der Waals surface area contributed by atoms with Crippen molar-refractivity contribution in [3.63, 3.8) is 0 Å². The molecule has 0 aliphatic rings. The average molecular weight is 295 g/mol. The number of halogens is 6. The van der Waals surface area contributed by atoms with E-state index >= 15 is 0 Å². The zero-order valence-corrected chi connectivity index (χ0v) is 10.1. The van der Waals surface area contributed by atoms with E-state index in [9.17, 15) is 22.0 Å². The lowest BCUT2D eigenvalue weighted by Gasteiger charge is -2.25. The molecule has 0 aliphatic carbocycles. The van der Waals surface area contributed by atoms with Gasteiger partial charge in [0.05, 0.1) is 0 Å². The smallest absolute Gasteiger partial charge is 0.194 e. The Balaban J connectivity index is 2.56. The molecule has 2 aromatic rings.